The number of amides is 1. The van der Waals surface area contributed by atoms with E-state index in [1.165, 1.54) is 6.07 Å². The first-order valence-corrected chi connectivity index (χ1v) is 12.9. The van der Waals surface area contributed by atoms with E-state index in [-0.39, 0.29) is 16.8 Å². The zero-order chi connectivity index (χ0) is 26.2. The van der Waals surface area contributed by atoms with Crippen LogP contribution >= 0.6 is 12.2 Å². The molecule has 3 aromatic carbocycles. The van der Waals surface area contributed by atoms with Crippen LogP contribution in [0.15, 0.2) is 72.8 Å². The van der Waals surface area contributed by atoms with Crippen LogP contribution in [0.3, 0.4) is 0 Å². The van der Waals surface area contributed by atoms with Crippen molar-refractivity contribution >= 4 is 34.6 Å². The van der Waals surface area contributed by atoms with Crippen LogP contribution in [-0.2, 0) is 6.54 Å². The summed E-state index contributed by atoms with van der Waals surface area (Å²) in [6.45, 7) is 8.84. The van der Waals surface area contributed by atoms with Crippen LogP contribution in [0.25, 0.3) is 0 Å². The Bertz CT molecular complexity index is 1210. The van der Waals surface area contributed by atoms with Gasteiger partial charge in [-0.3, -0.25) is 15.0 Å². The Balaban J connectivity index is 1.25. The molecule has 0 saturated carbocycles. The second-order valence-corrected chi connectivity index (χ2v) is 9.95. The molecule has 0 bridgehead atoms. The van der Waals surface area contributed by atoms with Crippen LogP contribution in [0.5, 0.6) is 5.75 Å². The minimum absolute atomic E-state index is 0.147. The first kappa shape index (κ1) is 26.6. The molecule has 2 N–H and O–H groups in total. The molecule has 0 unspecified atom stereocenters. The SMILES string of the molecule is CC(C)COc1cccc(C(=O)NC(=S)Nc2ccc(N3CCN(Cc4ccccc4F)CC3)cc2)c1. The number of halogens is 1. The Labute approximate surface area is 223 Å². The average Bonchev–Trinajstić information content (AvgIpc) is 2.90. The van der Waals surface area contributed by atoms with E-state index in [0.717, 1.165) is 43.1 Å². The number of rotatable bonds is 8. The average molecular weight is 521 g/mol. The standard InChI is InChI=1S/C29H33FN4O2S/c1-21(2)20-36-26-8-5-7-22(18-26)28(35)32-29(37)31-24-10-12-25(13-11-24)34-16-14-33(15-17-34)19-23-6-3-4-9-27(23)30/h3-13,18,21H,14-17,19-20H2,1-2H3,(H2,31,32,35,37). The highest BCUT2D eigenvalue weighted by Crippen LogP contribution is 2.21. The van der Waals surface area contributed by atoms with Gasteiger partial charge in [-0.15, -0.1) is 0 Å². The maximum Gasteiger partial charge on any atom is 0.257 e. The van der Waals surface area contributed by atoms with Gasteiger partial charge in [-0.1, -0.05) is 38.1 Å². The molecule has 1 aliphatic heterocycles. The highest BCUT2D eigenvalue weighted by molar-refractivity contribution is 7.80. The molecule has 1 amide bonds. The Morgan fingerprint density at radius 3 is 2.43 bits per heavy atom. The highest BCUT2D eigenvalue weighted by atomic mass is 32.1. The molecule has 37 heavy (non-hydrogen) atoms. The molecule has 6 nitrogen and oxygen atoms in total. The molecule has 0 aromatic heterocycles. The number of piperazine rings is 1. The van der Waals surface area contributed by atoms with Crippen molar-refractivity contribution in [1.82, 2.24) is 10.2 Å². The van der Waals surface area contributed by atoms with Crippen molar-refractivity contribution < 1.29 is 13.9 Å². The van der Waals surface area contributed by atoms with Gasteiger partial charge in [0.1, 0.15) is 11.6 Å². The lowest BCUT2D eigenvalue weighted by Crippen LogP contribution is -2.46. The van der Waals surface area contributed by atoms with Crippen LogP contribution in [0.4, 0.5) is 15.8 Å². The van der Waals surface area contributed by atoms with Crippen molar-refractivity contribution in [1.29, 1.82) is 0 Å². The van der Waals surface area contributed by atoms with Gasteiger partial charge in [0.2, 0.25) is 0 Å². The summed E-state index contributed by atoms with van der Waals surface area (Å²) in [6.07, 6.45) is 0. The number of benzene rings is 3. The fourth-order valence-electron chi connectivity index (χ4n) is 4.11. The largest absolute Gasteiger partial charge is 0.493 e. The summed E-state index contributed by atoms with van der Waals surface area (Å²) in [5.74, 6) is 0.614. The second kappa shape index (κ2) is 12.7. The van der Waals surface area contributed by atoms with Gasteiger partial charge in [0, 0.05) is 55.2 Å². The summed E-state index contributed by atoms with van der Waals surface area (Å²) in [7, 11) is 0. The molecular formula is C29H33FN4O2S. The summed E-state index contributed by atoms with van der Waals surface area (Å²) in [5, 5.41) is 6.03. The fraction of sp³-hybridized carbons (Fsp3) is 0.310. The molecule has 3 aromatic rings. The van der Waals surface area contributed by atoms with Crippen molar-refractivity contribution in [3.05, 3.63) is 89.7 Å². The molecule has 1 fully saturated rings. The van der Waals surface area contributed by atoms with Gasteiger partial charge in [0.25, 0.3) is 5.91 Å². The van der Waals surface area contributed by atoms with Crippen molar-refractivity contribution in [2.75, 3.05) is 43.0 Å². The Kier molecular flexibility index (Phi) is 9.09. The quantitative estimate of drug-likeness (QED) is 0.393. The molecule has 1 heterocycles. The van der Waals surface area contributed by atoms with Crippen LogP contribution in [0.1, 0.15) is 29.8 Å². The van der Waals surface area contributed by atoms with E-state index in [2.05, 4.69) is 34.3 Å². The molecule has 8 heteroatoms. The summed E-state index contributed by atoms with van der Waals surface area (Å²) < 4.78 is 19.7. The molecule has 4 rings (SSSR count). The van der Waals surface area contributed by atoms with Gasteiger partial charge in [-0.25, -0.2) is 4.39 Å². The van der Waals surface area contributed by atoms with Crippen molar-refractivity contribution in [2.45, 2.75) is 20.4 Å². The van der Waals surface area contributed by atoms with Crippen LogP contribution < -0.4 is 20.3 Å². The van der Waals surface area contributed by atoms with Gasteiger partial charge in [0.05, 0.1) is 6.61 Å². The smallest absolute Gasteiger partial charge is 0.257 e. The van der Waals surface area contributed by atoms with Crippen LogP contribution in [-0.4, -0.2) is 48.7 Å². The Hall–Kier alpha value is -3.49. The van der Waals surface area contributed by atoms with E-state index < -0.39 is 0 Å². The number of thiocarbonyl (C=S) groups is 1. The third kappa shape index (κ3) is 7.74. The summed E-state index contributed by atoms with van der Waals surface area (Å²) >= 11 is 5.35. The van der Waals surface area contributed by atoms with Gasteiger partial charge in [-0.05, 0) is 66.7 Å². The third-order valence-corrected chi connectivity index (χ3v) is 6.33. The number of nitrogens with zero attached hydrogens (tertiary/aromatic N) is 2. The molecule has 1 aliphatic rings. The van der Waals surface area contributed by atoms with E-state index in [1.807, 2.05) is 42.5 Å². The van der Waals surface area contributed by atoms with Gasteiger partial charge < -0.3 is 15.0 Å². The minimum atomic E-state index is -0.294. The lowest BCUT2D eigenvalue weighted by Gasteiger charge is -2.36. The highest BCUT2D eigenvalue weighted by Gasteiger charge is 2.18. The summed E-state index contributed by atoms with van der Waals surface area (Å²) in [5.41, 5.74) is 3.13. The van der Waals surface area contributed by atoms with Gasteiger partial charge >= 0.3 is 0 Å². The summed E-state index contributed by atoms with van der Waals surface area (Å²) in [6, 6.07) is 22.0. The number of ether oxygens (including phenoxy) is 1. The van der Waals surface area contributed by atoms with Gasteiger partial charge in [-0.2, -0.15) is 0 Å². The topological polar surface area (TPSA) is 56.8 Å². The van der Waals surface area contributed by atoms with E-state index in [0.29, 0.717) is 30.4 Å². The molecular weight excluding hydrogens is 487 g/mol. The third-order valence-electron chi connectivity index (χ3n) is 6.12. The Morgan fingerprint density at radius 2 is 1.73 bits per heavy atom. The predicted octanol–water partition coefficient (Wildman–Crippen LogP) is 5.31. The molecule has 0 aliphatic carbocycles. The van der Waals surface area contributed by atoms with Crippen molar-refractivity contribution in [2.24, 2.45) is 5.92 Å². The number of hydrogen-bond donors (Lipinski definition) is 2. The first-order chi connectivity index (χ1) is 17.9. The van der Waals surface area contributed by atoms with E-state index >= 15 is 0 Å². The Morgan fingerprint density at radius 1 is 1.00 bits per heavy atom. The van der Waals surface area contributed by atoms with Crippen molar-refractivity contribution in [3.8, 4) is 5.75 Å². The monoisotopic (exact) mass is 520 g/mol. The maximum atomic E-state index is 14.0. The number of nitrogens with one attached hydrogen (secondary N) is 2. The maximum absolute atomic E-state index is 14.0. The lowest BCUT2D eigenvalue weighted by molar-refractivity contribution is 0.0977. The molecule has 1 saturated heterocycles. The van der Waals surface area contributed by atoms with Gasteiger partial charge in [0.15, 0.2) is 5.11 Å². The lowest BCUT2D eigenvalue weighted by atomic mass is 10.1. The molecule has 0 atom stereocenters. The first-order valence-electron chi connectivity index (χ1n) is 12.5. The molecule has 0 radical (unpaired) electrons. The second-order valence-electron chi connectivity index (χ2n) is 9.54. The van der Waals surface area contributed by atoms with Crippen LogP contribution in [0, 0.1) is 11.7 Å². The van der Waals surface area contributed by atoms with E-state index in [1.54, 1.807) is 24.3 Å². The molecule has 0 spiro atoms. The predicted molar refractivity (Wildman–Crippen MR) is 151 cm³/mol. The number of anilines is 2. The fourth-order valence-corrected chi connectivity index (χ4v) is 4.33. The zero-order valence-corrected chi connectivity index (χ0v) is 22.1. The van der Waals surface area contributed by atoms with E-state index in [9.17, 15) is 9.18 Å². The van der Waals surface area contributed by atoms with E-state index in [4.69, 9.17) is 17.0 Å². The van der Waals surface area contributed by atoms with Crippen LogP contribution in [0.2, 0.25) is 0 Å². The zero-order valence-electron chi connectivity index (χ0n) is 21.2. The number of carbonyl (C=O) groups is 1. The normalized spacial score (nSPS) is 13.9. The minimum Gasteiger partial charge on any atom is -0.493 e. The summed E-state index contributed by atoms with van der Waals surface area (Å²) in [4.78, 5) is 17.2. The molecule has 194 valence electrons. The number of hydrogen-bond acceptors (Lipinski definition) is 5. The van der Waals surface area contributed by atoms with Crippen molar-refractivity contribution in [3.63, 3.8) is 0 Å². The number of carbonyl (C=O) groups excluding carboxylic acids is 1.